The Morgan fingerprint density at radius 1 is 1.60 bits per heavy atom. The zero-order valence-electron chi connectivity index (χ0n) is 2.25. The van der Waals surface area contributed by atoms with E-state index in [0.29, 0.717) is 0 Å². The molecule has 0 radical (unpaired) electrons. The van der Waals surface area contributed by atoms with Crippen LogP contribution in [0.2, 0.25) is 0 Å². The molecule has 0 aliphatic heterocycles. The standard InChI is InChI=1S/HO3S.Y/c1-4(2)3;/h(H,1,2,3);. The Kier molecular flexibility index (Phi) is 1.98. The summed E-state index contributed by atoms with van der Waals surface area (Å²) in [5.41, 5.74) is -3.54. The summed E-state index contributed by atoms with van der Waals surface area (Å²) in [7, 11) is 0. The Labute approximate surface area is 47.6 Å². The summed E-state index contributed by atoms with van der Waals surface area (Å²) in [5.74, 6) is 0. The molecular weight excluding hydrogens is 169 g/mol. The summed E-state index contributed by atoms with van der Waals surface area (Å²) in [4.78, 5) is 0. The molecule has 1 N–H and O–H groups in total. The van der Waals surface area contributed by atoms with Crippen LogP contribution in [0.3, 0.4) is 0 Å². The average molecular weight is 170 g/mol. The molecule has 0 aliphatic rings. The second-order valence-corrected chi connectivity index (χ2v) is 5.94. The van der Waals surface area contributed by atoms with Gasteiger partial charge in [-0.1, -0.05) is 0 Å². The predicted octanol–water partition coefficient (Wildman–Crippen LogP) is -0.664. The van der Waals surface area contributed by atoms with E-state index in [9.17, 15) is 8.42 Å². The molecule has 0 unspecified atom stereocenters. The molecule has 0 atom stereocenters. The van der Waals surface area contributed by atoms with Gasteiger partial charge in [0, 0.05) is 0 Å². The number of rotatable bonds is 0. The van der Waals surface area contributed by atoms with Crippen molar-refractivity contribution in [1.82, 2.24) is 0 Å². The summed E-state index contributed by atoms with van der Waals surface area (Å²) in [5, 5.41) is 0. The molecule has 0 saturated carbocycles. The van der Waals surface area contributed by atoms with Crippen LogP contribution in [0.4, 0.5) is 0 Å². The number of hydrogen-bond donors (Lipinski definition) is 1. The molecule has 0 rings (SSSR count). The Bertz CT molecular complexity index is 90.1. The van der Waals surface area contributed by atoms with E-state index in [1.165, 1.54) is 0 Å². The summed E-state index contributed by atoms with van der Waals surface area (Å²) in [6.45, 7) is 0. The van der Waals surface area contributed by atoms with Gasteiger partial charge < -0.3 is 0 Å². The van der Waals surface area contributed by atoms with Crippen molar-refractivity contribution < 1.29 is 42.2 Å². The number of hydrogen-bond acceptors (Lipinski definition) is 2. The molecule has 5 heavy (non-hydrogen) atoms. The van der Waals surface area contributed by atoms with Crippen LogP contribution in [0, 0.1) is 0 Å². The summed E-state index contributed by atoms with van der Waals surface area (Å²) < 4.78 is 26.0. The molecule has 0 bridgehead atoms. The maximum atomic E-state index is 9.25. The fourth-order valence-corrected chi connectivity index (χ4v) is 0. The molecular formula is HO3SY. The second kappa shape index (κ2) is 1.64. The van der Waals surface area contributed by atoms with Crippen LogP contribution in [0.15, 0.2) is 0 Å². The quantitative estimate of drug-likeness (QED) is 0.490. The Morgan fingerprint density at radius 2 is 1.60 bits per heavy atom. The topological polar surface area (TPSA) is 54.4 Å². The van der Waals surface area contributed by atoms with E-state index in [-0.39, 0.29) is 29.3 Å². The van der Waals surface area contributed by atoms with Crippen molar-refractivity contribution in [3.63, 3.8) is 0 Å². The molecule has 0 aromatic rings. The summed E-state index contributed by atoms with van der Waals surface area (Å²) >= 11 is -0.108. The molecule has 3 nitrogen and oxygen atoms in total. The fraction of sp³-hybridized carbons (Fsp3) is 0. The van der Waals surface area contributed by atoms with Gasteiger partial charge in [-0.3, -0.25) is 0 Å². The van der Waals surface area contributed by atoms with Gasteiger partial charge in [-0.2, -0.15) is 0 Å². The Hall–Kier alpha value is 1.01. The molecule has 0 heterocycles. The van der Waals surface area contributed by atoms with Gasteiger partial charge in [-0.05, 0) is 0 Å². The molecule has 28 valence electrons. The van der Waals surface area contributed by atoms with Crippen molar-refractivity contribution in [3.8, 4) is 0 Å². The maximum absolute atomic E-state index is 9.25. The molecule has 0 aromatic carbocycles. The van der Waals surface area contributed by atoms with Gasteiger partial charge in [-0.25, -0.2) is 0 Å². The minimum absolute atomic E-state index is 0.108. The van der Waals surface area contributed by atoms with Crippen LogP contribution >= 0.6 is 0 Å². The normalized spacial score (nSPS) is 11.2. The van der Waals surface area contributed by atoms with Crippen molar-refractivity contribution in [3.05, 3.63) is 0 Å². The van der Waals surface area contributed by atoms with Crippen molar-refractivity contribution in [2.24, 2.45) is 0 Å². The molecule has 0 amide bonds. The van der Waals surface area contributed by atoms with Gasteiger partial charge in [0.15, 0.2) is 0 Å². The van der Waals surface area contributed by atoms with Gasteiger partial charge >= 0.3 is 47.9 Å². The van der Waals surface area contributed by atoms with E-state index in [0.717, 1.165) is 0 Å². The minimum atomic E-state index is -3.54. The van der Waals surface area contributed by atoms with Crippen LogP contribution in [0.1, 0.15) is 0 Å². The SMILES string of the molecule is O=[S](=O)(O)[Y]. The van der Waals surface area contributed by atoms with E-state index < -0.39 is 5.63 Å². The zero-order valence-corrected chi connectivity index (χ0v) is 5.90. The van der Waals surface area contributed by atoms with Crippen LogP contribution in [0.5, 0.6) is 0 Å². The van der Waals surface area contributed by atoms with Gasteiger partial charge in [0.05, 0.1) is 0 Å². The van der Waals surface area contributed by atoms with Crippen molar-refractivity contribution in [2.45, 2.75) is 0 Å². The summed E-state index contributed by atoms with van der Waals surface area (Å²) in [6, 6.07) is 0. The van der Waals surface area contributed by atoms with Crippen molar-refractivity contribution in [1.29, 1.82) is 0 Å². The van der Waals surface area contributed by atoms with E-state index in [4.69, 9.17) is 4.55 Å². The van der Waals surface area contributed by atoms with E-state index in [2.05, 4.69) is 0 Å². The molecule has 0 aliphatic carbocycles. The molecule has 5 heteroatoms. The first kappa shape index (κ1) is 6.01. The average Bonchev–Trinajstić information content (AvgIpc) is 0.722. The third kappa shape index (κ3) is 44.3. The van der Waals surface area contributed by atoms with E-state index in [1.54, 1.807) is 0 Å². The predicted molar refractivity (Wildman–Crippen MR) is 11.5 cm³/mol. The molecule has 0 spiro atoms. The third-order valence-corrected chi connectivity index (χ3v) is 0. The molecule has 0 saturated heterocycles. The van der Waals surface area contributed by atoms with E-state index >= 15 is 0 Å². The summed E-state index contributed by atoms with van der Waals surface area (Å²) in [6.07, 6.45) is 0. The second-order valence-electron chi connectivity index (χ2n) is 0.515. The van der Waals surface area contributed by atoms with Gasteiger partial charge in [-0.15, -0.1) is 0 Å². The fourth-order valence-electron chi connectivity index (χ4n) is 0. The van der Waals surface area contributed by atoms with Crippen LogP contribution in [-0.2, 0) is 34.9 Å². The first-order chi connectivity index (χ1) is 2.00. The van der Waals surface area contributed by atoms with Crippen LogP contribution < -0.4 is 0 Å². The van der Waals surface area contributed by atoms with Crippen molar-refractivity contribution in [2.75, 3.05) is 0 Å². The first-order valence-electron chi connectivity index (χ1n) is 0.752. The van der Waals surface area contributed by atoms with Gasteiger partial charge in [0.25, 0.3) is 0 Å². The molecule has 0 fully saturated rings. The van der Waals surface area contributed by atoms with Crippen LogP contribution in [0.25, 0.3) is 0 Å². The van der Waals surface area contributed by atoms with Gasteiger partial charge in [0.2, 0.25) is 0 Å². The Balaban J connectivity index is 4.06. The third-order valence-electron chi connectivity index (χ3n) is 0. The monoisotopic (exact) mass is 170 g/mol. The zero-order chi connectivity index (χ0) is 4.50. The van der Waals surface area contributed by atoms with Crippen LogP contribution in [-0.4, -0.2) is 13.0 Å². The Morgan fingerprint density at radius 3 is 1.60 bits per heavy atom. The van der Waals surface area contributed by atoms with Crippen molar-refractivity contribution >= 4 is 5.63 Å². The van der Waals surface area contributed by atoms with E-state index in [1.807, 2.05) is 0 Å². The van der Waals surface area contributed by atoms with Gasteiger partial charge in [0.1, 0.15) is 0 Å². The first-order valence-corrected chi connectivity index (χ1v) is 5.73. The molecule has 0 aromatic heterocycles.